The quantitative estimate of drug-likeness (QED) is 0.446. The largest absolute Gasteiger partial charge is 0.444 e. The number of benzene rings is 2. The second-order valence-corrected chi connectivity index (χ2v) is 10.6. The lowest BCUT2D eigenvalue weighted by molar-refractivity contribution is -0.143. The van der Waals surface area contributed by atoms with Gasteiger partial charge in [-0.15, -0.1) is 0 Å². The highest BCUT2D eigenvalue weighted by Gasteiger charge is 2.37. The number of nitrogens with one attached hydrogen (secondary N) is 2. The van der Waals surface area contributed by atoms with E-state index in [0.29, 0.717) is 19.5 Å². The predicted molar refractivity (Wildman–Crippen MR) is 147 cm³/mol. The van der Waals surface area contributed by atoms with Crippen molar-refractivity contribution in [2.75, 3.05) is 6.54 Å². The lowest BCUT2D eigenvalue weighted by Gasteiger charge is -2.36. The minimum atomic E-state index is -0.854. The van der Waals surface area contributed by atoms with E-state index in [0.717, 1.165) is 22.3 Å². The van der Waals surface area contributed by atoms with Crippen molar-refractivity contribution in [3.8, 4) is 0 Å². The average Bonchev–Trinajstić information content (AvgIpc) is 2.84. The van der Waals surface area contributed by atoms with Gasteiger partial charge < -0.3 is 20.3 Å². The summed E-state index contributed by atoms with van der Waals surface area (Å²) >= 11 is 0. The van der Waals surface area contributed by atoms with Crippen molar-refractivity contribution in [2.24, 2.45) is 5.92 Å². The molecule has 0 saturated carbocycles. The van der Waals surface area contributed by atoms with Crippen LogP contribution in [0.5, 0.6) is 0 Å². The Labute approximate surface area is 222 Å². The maximum absolute atomic E-state index is 14.0. The molecule has 2 aromatic carbocycles. The fourth-order valence-corrected chi connectivity index (χ4v) is 4.15. The third-order valence-electron chi connectivity index (χ3n) is 6.37. The number of ether oxygens (including phenoxy) is 1. The molecular weight excluding hydrogens is 466 g/mol. The van der Waals surface area contributed by atoms with Gasteiger partial charge >= 0.3 is 6.09 Å². The van der Waals surface area contributed by atoms with Gasteiger partial charge in [-0.3, -0.25) is 9.59 Å². The van der Waals surface area contributed by atoms with Crippen molar-refractivity contribution < 1.29 is 19.1 Å². The third-order valence-corrected chi connectivity index (χ3v) is 6.37. The summed E-state index contributed by atoms with van der Waals surface area (Å²) in [4.78, 5) is 42.0. The van der Waals surface area contributed by atoms with Crippen LogP contribution >= 0.6 is 0 Å². The fraction of sp³-hybridized carbons (Fsp3) is 0.500. The van der Waals surface area contributed by atoms with E-state index in [-0.39, 0.29) is 17.7 Å². The molecule has 0 aliphatic rings. The van der Waals surface area contributed by atoms with Crippen LogP contribution in [0.15, 0.2) is 48.5 Å². The fourth-order valence-electron chi connectivity index (χ4n) is 4.15. The van der Waals surface area contributed by atoms with Crippen LogP contribution in [0.2, 0.25) is 0 Å². The first-order valence-corrected chi connectivity index (χ1v) is 13.1. The SMILES string of the molecule is CCC(C)C(NC(=O)OC(C)(C)C)C(=O)N(CC)C(C(=O)NCc1ccccc1)c1cc(C)ccc1C. The number of likely N-dealkylation sites (N-methyl/N-ethyl adjacent to an activating group) is 1. The molecule has 202 valence electrons. The Kier molecular flexibility index (Phi) is 10.7. The number of alkyl carbamates (subject to hydrolysis) is 1. The van der Waals surface area contributed by atoms with E-state index in [9.17, 15) is 14.4 Å². The zero-order valence-corrected chi connectivity index (χ0v) is 23.6. The maximum Gasteiger partial charge on any atom is 0.408 e. The first-order chi connectivity index (χ1) is 17.4. The number of rotatable bonds is 10. The monoisotopic (exact) mass is 509 g/mol. The number of hydrogen-bond donors (Lipinski definition) is 2. The third kappa shape index (κ3) is 8.62. The Morgan fingerprint density at radius 1 is 1.00 bits per heavy atom. The Balaban J connectivity index is 2.45. The van der Waals surface area contributed by atoms with Crippen LogP contribution in [0.25, 0.3) is 0 Å². The van der Waals surface area contributed by atoms with Gasteiger partial charge in [0.2, 0.25) is 11.8 Å². The van der Waals surface area contributed by atoms with E-state index in [2.05, 4.69) is 10.6 Å². The van der Waals surface area contributed by atoms with Crippen LogP contribution in [-0.4, -0.2) is 41.0 Å². The van der Waals surface area contributed by atoms with Crippen molar-refractivity contribution in [2.45, 2.75) is 86.0 Å². The number of carbonyl (C=O) groups excluding carboxylic acids is 3. The van der Waals surface area contributed by atoms with E-state index in [1.807, 2.05) is 83.1 Å². The molecule has 0 fully saturated rings. The first kappa shape index (κ1) is 29.9. The van der Waals surface area contributed by atoms with Gasteiger partial charge in [-0.1, -0.05) is 74.4 Å². The van der Waals surface area contributed by atoms with Crippen LogP contribution in [0.1, 0.15) is 76.3 Å². The number of aryl methyl sites for hydroxylation is 2. The van der Waals surface area contributed by atoms with Crippen molar-refractivity contribution in [1.82, 2.24) is 15.5 Å². The average molecular weight is 510 g/mol. The van der Waals surface area contributed by atoms with Crippen molar-refractivity contribution in [3.05, 3.63) is 70.8 Å². The molecule has 3 amide bonds. The minimum absolute atomic E-state index is 0.166. The van der Waals surface area contributed by atoms with E-state index >= 15 is 0 Å². The number of hydrogen-bond acceptors (Lipinski definition) is 4. The Morgan fingerprint density at radius 3 is 2.22 bits per heavy atom. The Morgan fingerprint density at radius 2 is 1.65 bits per heavy atom. The van der Waals surface area contributed by atoms with Gasteiger partial charge in [-0.2, -0.15) is 0 Å². The highest BCUT2D eigenvalue weighted by molar-refractivity contribution is 5.92. The van der Waals surface area contributed by atoms with Gasteiger partial charge in [0.25, 0.3) is 0 Å². The highest BCUT2D eigenvalue weighted by atomic mass is 16.6. The van der Waals surface area contributed by atoms with E-state index < -0.39 is 23.8 Å². The summed E-state index contributed by atoms with van der Waals surface area (Å²) in [5, 5.41) is 5.81. The molecule has 0 spiro atoms. The minimum Gasteiger partial charge on any atom is -0.444 e. The number of amides is 3. The highest BCUT2D eigenvalue weighted by Crippen LogP contribution is 2.28. The molecule has 2 rings (SSSR count). The molecule has 7 nitrogen and oxygen atoms in total. The summed E-state index contributed by atoms with van der Waals surface area (Å²) in [5.41, 5.74) is 2.94. The van der Waals surface area contributed by atoms with Crippen LogP contribution in [0.3, 0.4) is 0 Å². The topological polar surface area (TPSA) is 87.7 Å². The molecular formula is C30H43N3O4. The summed E-state index contributed by atoms with van der Waals surface area (Å²) in [6.45, 7) is 15.6. The summed E-state index contributed by atoms with van der Waals surface area (Å²) in [5.74, 6) is -0.753. The van der Waals surface area contributed by atoms with E-state index in [4.69, 9.17) is 4.74 Å². The molecule has 0 aliphatic carbocycles. The van der Waals surface area contributed by atoms with Crippen LogP contribution < -0.4 is 10.6 Å². The molecule has 2 aromatic rings. The smallest absolute Gasteiger partial charge is 0.408 e. The molecule has 0 aromatic heterocycles. The molecule has 0 aliphatic heterocycles. The second kappa shape index (κ2) is 13.3. The summed E-state index contributed by atoms with van der Waals surface area (Å²) in [6.07, 6.45) is 0.0111. The van der Waals surface area contributed by atoms with Crippen LogP contribution in [0, 0.1) is 19.8 Å². The van der Waals surface area contributed by atoms with Crippen molar-refractivity contribution >= 4 is 17.9 Å². The van der Waals surface area contributed by atoms with Gasteiger partial charge in [0.15, 0.2) is 0 Å². The van der Waals surface area contributed by atoms with Gasteiger partial charge in [0, 0.05) is 13.1 Å². The molecule has 3 unspecified atom stereocenters. The van der Waals surface area contributed by atoms with Gasteiger partial charge in [0.1, 0.15) is 17.7 Å². The standard InChI is InChI=1S/C30H43N3O4/c1-9-21(4)25(32-29(36)37-30(6,7)8)28(35)33(10-2)26(24-18-20(3)16-17-22(24)5)27(34)31-19-23-14-12-11-13-15-23/h11-18,21,25-26H,9-10,19H2,1-8H3,(H,31,34)(H,32,36). The first-order valence-electron chi connectivity index (χ1n) is 13.1. The molecule has 2 N–H and O–H groups in total. The summed E-state index contributed by atoms with van der Waals surface area (Å²) in [6, 6.07) is 13.9. The van der Waals surface area contributed by atoms with Crippen molar-refractivity contribution in [1.29, 1.82) is 0 Å². The summed E-state index contributed by atoms with van der Waals surface area (Å²) in [7, 11) is 0. The normalized spacial score (nSPS) is 13.7. The molecule has 0 heterocycles. The zero-order valence-electron chi connectivity index (χ0n) is 23.6. The Hall–Kier alpha value is -3.35. The predicted octanol–water partition coefficient (Wildman–Crippen LogP) is 5.45. The molecule has 37 heavy (non-hydrogen) atoms. The number of nitrogens with zero attached hydrogens (tertiary/aromatic N) is 1. The van der Waals surface area contributed by atoms with Crippen LogP contribution in [0.4, 0.5) is 4.79 Å². The van der Waals surface area contributed by atoms with Crippen LogP contribution in [-0.2, 0) is 20.9 Å². The maximum atomic E-state index is 14.0. The molecule has 7 heteroatoms. The molecule has 0 bridgehead atoms. The number of carbonyl (C=O) groups is 3. The summed E-state index contributed by atoms with van der Waals surface area (Å²) < 4.78 is 5.44. The van der Waals surface area contributed by atoms with Gasteiger partial charge in [-0.05, 0) is 64.2 Å². The van der Waals surface area contributed by atoms with Gasteiger partial charge in [0.05, 0.1) is 0 Å². The van der Waals surface area contributed by atoms with E-state index in [1.165, 1.54) is 0 Å². The lowest BCUT2D eigenvalue weighted by Crippen LogP contribution is -2.55. The molecule has 0 radical (unpaired) electrons. The second-order valence-electron chi connectivity index (χ2n) is 10.6. The van der Waals surface area contributed by atoms with E-state index in [1.54, 1.807) is 25.7 Å². The zero-order chi connectivity index (χ0) is 27.8. The lowest BCUT2D eigenvalue weighted by atomic mass is 9.93. The molecule has 0 saturated heterocycles. The van der Waals surface area contributed by atoms with Gasteiger partial charge in [-0.25, -0.2) is 4.79 Å². The van der Waals surface area contributed by atoms with Crippen molar-refractivity contribution in [3.63, 3.8) is 0 Å². The Bertz CT molecular complexity index is 1060. The molecule has 3 atom stereocenters.